The molecule has 0 N–H and O–H groups in total. The van der Waals surface area contributed by atoms with Crippen LogP contribution < -0.4 is 0 Å². The molecule has 4 nitrogen and oxygen atoms in total. The Bertz CT molecular complexity index is 416. The second-order valence-corrected chi connectivity index (χ2v) is 6.81. The Balaban J connectivity index is 2.24. The van der Waals surface area contributed by atoms with Gasteiger partial charge in [0.1, 0.15) is 0 Å². The third kappa shape index (κ3) is 2.72. The Labute approximate surface area is 126 Å². The minimum absolute atomic E-state index is 0.258. The van der Waals surface area contributed by atoms with Gasteiger partial charge in [-0.2, -0.15) is 0 Å². The predicted octanol–water partition coefficient (Wildman–Crippen LogP) is 3.11. The Kier molecular flexibility index (Phi) is 4.45. The summed E-state index contributed by atoms with van der Waals surface area (Å²) < 4.78 is 10.7. The summed E-state index contributed by atoms with van der Waals surface area (Å²) in [7, 11) is 0. The molecule has 0 aliphatic heterocycles. The van der Waals surface area contributed by atoms with Gasteiger partial charge in [-0.1, -0.05) is 39.8 Å². The van der Waals surface area contributed by atoms with E-state index in [1.165, 1.54) is 0 Å². The molecule has 0 aromatic rings. The second kappa shape index (κ2) is 5.82. The van der Waals surface area contributed by atoms with Crippen molar-refractivity contribution < 1.29 is 19.1 Å². The van der Waals surface area contributed by atoms with Crippen molar-refractivity contribution in [1.29, 1.82) is 0 Å². The molecule has 0 heterocycles. The van der Waals surface area contributed by atoms with Crippen molar-refractivity contribution in [1.82, 2.24) is 0 Å². The topological polar surface area (TPSA) is 52.6 Å². The molecule has 1 saturated carbocycles. The number of carbonyl (C=O) groups is 2. The van der Waals surface area contributed by atoms with Crippen LogP contribution in [0, 0.1) is 22.7 Å². The SMILES string of the molecule is CCCOC(=O)C1C(C(=O)OCCC)C2(C)C=CC1(C)C2. The summed E-state index contributed by atoms with van der Waals surface area (Å²) in [6.45, 7) is 8.82. The zero-order valence-electron chi connectivity index (χ0n) is 13.5. The molecule has 4 heteroatoms. The minimum atomic E-state index is -0.427. The summed E-state index contributed by atoms with van der Waals surface area (Å²) >= 11 is 0. The van der Waals surface area contributed by atoms with Gasteiger partial charge in [-0.05, 0) is 19.3 Å². The van der Waals surface area contributed by atoms with Crippen LogP contribution in [0.1, 0.15) is 47.0 Å². The van der Waals surface area contributed by atoms with Crippen LogP contribution in [0.15, 0.2) is 12.2 Å². The Morgan fingerprint density at radius 2 is 1.33 bits per heavy atom. The first-order valence-corrected chi connectivity index (χ1v) is 7.91. The molecule has 0 aromatic heterocycles. The summed E-state index contributed by atoms with van der Waals surface area (Å²) in [5.41, 5.74) is -0.592. The zero-order chi connectivity index (χ0) is 15.7. The highest BCUT2D eigenvalue weighted by Gasteiger charge is 2.64. The first kappa shape index (κ1) is 16.1. The third-order valence-corrected chi connectivity index (χ3v) is 4.77. The van der Waals surface area contributed by atoms with E-state index in [-0.39, 0.29) is 22.8 Å². The van der Waals surface area contributed by atoms with Gasteiger partial charge in [-0.25, -0.2) is 0 Å². The summed E-state index contributed by atoms with van der Waals surface area (Å²) in [6, 6.07) is 0. The fourth-order valence-electron chi connectivity index (χ4n) is 3.90. The average Bonchev–Trinajstić information content (AvgIpc) is 2.88. The van der Waals surface area contributed by atoms with Gasteiger partial charge < -0.3 is 9.47 Å². The van der Waals surface area contributed by atoms with E-state index in [0.717, 1.165) is 19.3 Å². The highest BCUT2D eigenvalue weighted by molar-refractivity contribution is 5.86. The summed E-state index contributed by atoms with van der Waals surface area (Å²) in [6.07, 6.45) is 6.53. The number of allylic oxidation sites excluding steroid dienone is 2. The largest absolute Gasteiger partial charge is 0.465 e. The van der Waals surface area contributed by atoms with Crippen LogP contribution in [0.2, 0.25) is 0 Å². The van der Waals surface area contributed by atoms with E-state index in [9.17, 15) is 9.59 Å². The van der Waals surface area contributed by atoms with Crippen LogP contribution in [0.5, 0.6) is 0 Å². The molecular formula is C17H26O4. The van der Waals surface area contributed by atoms with Crippen molar-refractivity contribution in [2.24, 2.45) is 22.7 Å². The maximum atomic E-state index is 12.5. The lowest BCUT2D eigenvalue weighted by Gasteiger charge is -2.33. The molecule has 2 rings (SSSR count). The second-order valence-electron chi connectivity index (χ2n) is 6.81. The number of rotatable bonds is 6. The number of hydrogen-bond acceptors (Lipinski definition) is 4. The zero-order valence-corrected chi connectivity index (χ0v) is 13.5. The molecule has 0 saturated heterocycles. The monoisotopic (exact) mass is 294 g/mol. The van der Waals surface area contributed by atoms with Crippen LogP contribution in [0.25, 0.3) is 0 Å². The Morgan fingerprint density at radius 3 is 1.67 bits per heavy atom. The van der Waals surface area contributed by atoms with Crippen LogP contribution >= 0.6 is 0 Å². The molecule has 1 fully saturated rings. The van der Waals surface area contributed by atoms with Gasteiger partial charge in [0.2, 0.25) is 0 Å². The highest BCUT2D eigenvalue weighted by atomic mass is 16.5. The smallest absolute Gasteiger partial charge is 0.310 e. The number of esters is 2. The van der Waals surface area contributed by atoms with E-state index in [0.29, 0.717) is 13.2 Å². The molecule has 0 aromatic carbocycles. The van der Waals surface area contributed by atoms with E-state index in [1.54, 1.807) is 0 Å². The minimum Gasteiger partial charge on any atom is -0.465 e. The first-order valence-electron chi connectivity index (χ1n) is 7.91. The molecule has 2 aliphatic carbocycles. The molecular weight excluding hydrogens is 268 g/mol. The van der Waals surface area contributed by atoms with Gasteiger partial charge in [0.15, 0.2) is 0 Å². The van der Waals surface area contributed by atoms with E-state index >= 15 is 0 Å². The lowest BCUT2D eigenvalue weighted by atomic mass is 9.71. The quantitative estimate of drug-likeness (QED) is 0.558. The molecule has 2 aliphatic rings. The van der Waals surface area contributed by atoms with Gasteiger partial charge in [0, 0.05) is 10.8 Å². The van der Waals surface area contributed by atoms with Crippen LogP contribution in [-0.2, 0) is 19.1 Å². The molecule has 118 valence electrons. The number of fused-ring (bicyclic) bond motifs is 2. The number of carbonyl (C=O) groups excluding carboxylic acids is 2. The van der Waals surface area contributed by atoms with Crippen molar-refractivity contribution in [2.45, 2.75) is 47.0 Å². The van der Waals surface area contributed by atoms with Gasteiger partial charge in [-0.15, -0.1) is 0 Å². The van der Waals surface area contributed by atoms with Gasteiger partial charge in [-0.3, -0.25) is 9.59 Å². The standard InChI is InChI=1S/C17H26O4/c1-5-9-20-14(18)12-13(15(19)21-10-6-2)17(4)8-7-16(12,3)11-17/h7-8,12-13H,5-6,9-11H2,1-4H3. The molecule has 0 amide bonds. The summed E-state index contributed by atoms with van der Waals surface area (Å²) in [5.74, 6) is -1.37. The van der Waals surface area contributed by atoms with Gasteiger partial charge >= 0.3 is 11.9 Å². The van der Waals surface area contributed by atoms with Gasteiger partial charge in [0.05, 0.1) is 25.0 Å². The summed E-state index contributed by atoms with van der Waals surface area (Å²) in [4.78, 5) is 24.9. The Morgan fingerprint density at radius 1 is 0.952 bits per heavy atom. The predicted molar refractivity (Wildman–Crippen MR) is 79.5 cm³/mol. The maximum Gasteiger partial charge on any atom is 0.310 e. The first-order chi connectivity index (χ1) is 9.88. The molecule has 0 spiro atoms. The van der Waals surface area contributed by atoms with Crippen molar-refractivity contribution in [2.75, 3.05) is 13.2 Å². The molecule has 2 bridgehead atoms. The lowest BCUT2D eigenvalue weighted by Crippen LogP contribution is -2.41. The normalized spacial score (nSPS) is 36.8. The fraction of sp³-hybridized carbons (Fsp3) is 0.765. The van der Waals surface area contributed by atoms with Crippen molar-refractivity contribution >= 4 is 11.9 Å². The lowest BCUT2D eigenvalue weighted by molar-refractivity contribution is -0.164. The molecule has 0 radical (unpaired) electrons. The van der Waals surface area contributed by atoms with E-state index < -0.39 is 11.8 Å². The molecule has 4 atom stereocenters. The maximum absolute atomic E-state index is 12.5. The molecule has 21 heavy (non-hydrogen) atoms. The Hall–Kier alpha value is -1.32. The highest BCUT2D eigenvalue weighted by Crippen LogP contribution is 2.63. The summed E-state index contributed by atoms with van der Waals surface area (Å²) in [5, 5.41) is 0. The van der Waals surface area contributed by atoms with Crippen LogP contribution in [-0.4, -0.2) is 25.2 Å². The number of ether oxygens (including phenoxy) is 2. The van der Waals surface area contributed by atoms with Crippen molar-refractivity contribution in [3.05, 3.63) is 12.2 Å². The van der Waals surface area contributed by atoms with E-state index in [1.807, 2.05) is 27.7 Å². The van der Waals surface area contributed by atoms with Crippen LogP contribution in [0.4, 0.5) is 0 Å². The van der Waals surface area contributed by atoms with Gasteiger partial charge in [0.25, 0.3) is 0 Å². The fourth-order valence-corrected chi connectivity index (χ4v) is 3.90. The number of hydrogen-bond donors (Lipinski definition) is 0. The third-order valence-electron chi connectivity index (χ3n) is 4.77. The van der Waals surface area contributed by atoms with E-state index in [4.69, 9.17) is 9.47 Å². The average molecular weight is 294 g/mol. The van der Waals surface area contributed by atoms with Crippen molar-refractivity contribution in [3.63, 3.8) is 0 Å². The molecule has 4 unspecified atom stereocenters. The van der Waals surface area contributed by atoms with E-state index in [2.05, 4.69) is 12.2 Å². The van der Waals surface area contributed by atoms with Crippen LogP contribution in [0.3, 0.4) is 0 Å². The van der Waals surface area contributed by atoms with Crippen molar-refractivity contribution in [3.8, 4) is 0 Å².